The monoisotopic (exact) mass is 525 g/mol. The molecule has 38 heavy (non-hydrogen) atoms. The van der Waals surface area contributed by atoms with E-state index in [4.69, 9.17) is 9.47 Å². The highest BCUT2D eigenvalue weighted by Crippen LogP contribution is 2.36. The molecule has 0 N–H and O–H groups in total. The number of hydrogen-bond acceptors (Lipinski definition) is 5. The van der Waals surface area contributed by atoms with Crippen molar-refractivity contribution in [3.05, 3.63) is 83.6 Å². The third-order valence-electron chi connectivity index (χ3n) is 6.29. The lowest BCUT2D eigenvalue weighted by molar-refractivity contribution is -0.274. The van der Waals surface area contributed by atoms with Gasteiger partial charge in [-0.05, 0) is 76.2 Å². The van der Waals surface area contributed by atoms with Crippen LogP contribution in [0.5, 0.6) is 17.2 Å². The van der Waals surface area contributed by atoms with Crippen molar-refractivity contribution in [3.8, 4) is 22.9 Å². The number of carbonyl (C=O) groups is 2. The van der Waals surface area contributed by atoms with Crippen molar-refractivity contribution in [2.24, 2.45) is 0 Å². The number of hydrogen-bond donors (Lipinski definition) is 0. The number of benzene rings is 3. The summed E-state index contributed by atoms with van der Waals surface area (Å²) in [6, 6.07) is 17.2. The number of halogens is 3. The number of rotatable bonds is 8. The molecule has 0 amide bonds. The molecule has 4 rings (SSSR count). The van der Waals surface area contributed by atoms with Crippen molar-refractivity contribution in [2.75, 3.05) is 7.11 Å². The van der Waals surface area contributed by atoms with E-state index in [2.05, 4.69) is 4.74 Å². The van der Waals surface area contributed by atoms with Crippen LogP contribution in [0.15, 0.2) is 66.7 Å². The normalized spacial score (nSPS) is 11.9. The van der Waals surface area contributed by atoms with E-state index >= 15 is 0 Å². The Kier molecular flexibility index (Phi) is 6.97. The fourth-order valence-corrected chi connectivity index (χ4v) is 4.15. The van der Waals surface area contributed by atoms with E-state index < -0.39 is 17.7 Å². The molecule has 0 spiro atoms. The first-order valence-electron chi connectivity index (χ1n) is 11.7. The Morgan fingerprint density at radius 2 is 1.47 bits per heavy atom. The Hall–Kier alpha value is -4.27. The second kappa shape index (κ2) is 9.89. The minimum atomic E-state index is -4.88. The Morgan fingerprint density at radius 3 is 2.08 bits per heavy atom. The summed E-state index contributed by atoms with van der Waals surface area (Å²) < 4.78 is 55.9. The van der Waals surface area contributed by atoms with Gasteiger partial charge in [0.1, 0.15) is 17.2 Å². The molecule has 0 fully saturated rings. The van der Waals surface area contributed by atoms with Gasteiger partial charge in [0.15, 0.2) is 17.2 Å². The van der Waals surface area contributed by atoms with E-state index in [1.54, 1.807) is 73.9 Å². The van der Waals surface area contributed by atoms with Crippen LogP contribution in [-0.4, -0.2) is 35.2 Å². The number of Topliss-reactive ketones (excluding diaryl/α,β-unsaturated/α-hetero) is 1. The summed E-state index contributed by atoms with van der Waals surface area (Å²) in [5.41, 5.74) is 1.01. The number of ether oxygens (including phenoxy) is 3. The first-order chi connectivity index (χ1) is 17.8. The molecule has 0 bridgehead atoms. The van der Waals surface area contributed by atoms with Crippen LogP contribution >= 0.6 is 0 Å². The van der Waals surface area contributed by atoms with E-state index in [1.807, 2.05) is 0 Å². The molecule has 0 saturated carbocycles. The topological polar surface area (TPSA) is 66.8 Å². The molecule has 198 valence electrons. The van der Waals surface area contributed by atoms with Crippen LogP contribution in [0.4, 0.5) is 13.2 Å². The molecule has 0 atom stereocenters. The summed E-state index contributed by atoms with van der Waals surface area (Å²) in [6.45, 7) is 6.43. The SMILES string of the molecule is COc1ccc(C(=O)c2c(C)n(-c3cccc(OC(C)(C)C(C)=O)c3)c3cc(OC(F)(F)F)ccc23)cc1. The third-order valence-corrected chi connectivity index (χ3v) is 6.29. The van der Waals surface area contributed by atoms with Gasteiger partial charge in [-0.25, -0.2) is 0 Å². The van der Waals surface area contributed by atoms with Crippen LogP contribution in [0.1, 0.15) is 42.4 Å². The predicted molar refractivity (Wildman–Crippen MR) is 137 cm³/mol. The summed E-state index contributed by atoms with van der Waals surface area (Å²) in [5.74, 6) is 0.0715. The molecule has 0 radical (unpaired) electrons. The molecule has 0 aliphatic rings. The van der Waals surface area contributed by atoms with Crippen LogP contribution in [0.2, 0.25) is 0 Å². The molecule has 0 aliphatic carbocycles. The highest BCUT2D eigenvalue weighted by molar-refractivity contribution is 6.18. The fourth-order valence-electron chi connectivity index (χ4n) is 4.15. The molecule has 9 heteroatoms. The zero-order chi connectivity index (χ0) is 27.8. The second-order valence-corrected chi connectivity index (χ2v) is 9.25. The lowest BCUT2D eigenvalue weighted by atomic mass is 10.0. The van der Waals surface area contributed by atoms with E-state index in [1.165, 1.54) is 32.2 Å². The molecule has 0 unspecified atom stereocenters. The molecule has 1 aromatic heterocycles. The summed E-state index contributed by atoms with van der Waals surface area (Å²) in [5, 5.41) is 0.452. The third kappa shape index (κ3) is 5.37. The van der Waals surface area contributed by atoms with Gasteiger partial charge in [-0.2, -0.15) is 0 Å². The van der Waals surface area contributed by atoms with Gasteiger partial charge >= 0.3 is 6.36 Å². The van der Waals surface area contributed by atoms with Crippen molar-refractivity contribution in [1.82, 2.24) is 4.57 Å². The van der Waals surface area contributed by atoms with Crippen LogP contribution in [0.3, 0.4) is 0 Å². The van der Waals surface area contributed by atoms with Crippen LogP contribution in [0.25, 0.3) is 16.6 Å². The predicted octanol–water partition coefficient (Wildman–Crippen LogP) is 6.82. The van der Waals surface area contributed by atoms with Gasteiger partial charge < -0.3 is 18.8 Å². The van der Waals surface area contributed by atoms with Crippen molar-refractivity contribution >= 4 is 22.5 Å². The molecule has 3 aromatic carbocycles. The van der Waals surface area contributed by atoms with Gasteiger partial charge in [0.25, 0.3) is 0 Å². The van der Waals surface area contributed by atoms with Crippen LogP contribution < -0.4 is 14.2 Å². The summed E-state index contributed by atoms with van der Waals surface area (Å²) in [4.78, 5) is 25.6. The number of alkyl halides is 3. The van der Waals surface area contributed by atoms with Crippen LogP contribution in [-0.2, 0) is 4.79 Å². The first-order valence-corrected chi connectivity index (χ1v) is 11.7. The largest absolute Gasteiger partial charge is 0.573 e. The quantitative estimate of drug-likeness (QED) is 0.236. The molecular formula is C29H26F3NO5. The van der Waals surface area contributed by atoms with Gasteiger partial charge in [-0.3, -0.25) is 9.59 Å². The highest BCUT2D eigenvalue weighted by Gasteiger charge is 2.32. The maximum atomic E-state index is 13.6. The molecule has 0 saturated heterocycles. The Morgan fingerprint density at radius 1 is 0.842 bits per heavy atom. The van der Waals surface area contributed by atoms with Crippen molar-refractivity contribution in [3.63, 3.8) is 0 Å². The number of nitrogens with zero attached hydrogens (tertiary/aromatic N) is 1. The van der Waals surface area contributed by atoms with Gasteiger partial charge in [0.05, 0.1) is 18.2 Å². The van der Waals surface area contributed by atoms with E-state index in [-0.39, 0.29) is 11.6 Å². The molecular weight excluding hydrogens is 499 g/mol. The van der Waals surface area contributed by atoms with Crippen LogP contribution in [0, 0.1) is 6.92 Å². The second-order valence-electron chi connectivity index (χ2n) is 9.25. The Bertz CT molecular complexity index is 1520. The van der Waals surface area contributed by atoms with Gasteiger partial charge in [-0.1, -0.05) is 6.07 Å². The van der Waals surface area contributed by atoms with Crippen molar-refractivity contribution in [2.45, 2.75) is 39.7 Å². The zero-order valence-corrected chi connectivity index (χ0v) is 21.5. The zero-order valence-electron chi connectivity index (χ0n) is 21.5. The Balaban J connectivity index is 1.91. The average Bonchev–Trinajstić information content (AvgIpc) is 3.13. The first kappa shape index (κ1) is 26.8. The number of fused-ring (bicyclic) bond motifs is 1. The minimum Gasteiger partial charge on any atom is -0.497 e. The fraction of sp³-hybridized carbons (Fsp3) is 0.241. The Labute approximate surface area is 217 Å². The van der Waals surface area contributed by atoms with Gasteiger partial charge in [0, 0.05) is 34.5 Å². The minimum absolute atomic E-state index is 0.174. The molecule has 6 nitrogen and oxygen atoms in total. The smallest absolute Gasteiger partial charge is 0.497 e. The van der Waals surface area contributed by atoms with E-state index in [9.17, 15) is 22.8 Å². The molecule has 1 heterocycles. The van der Waals surface area contributed by atoms with E-state index in [0.717, 1.165) is 0 Å². The number of carbonyl (C=O) groups excluding carboxylic acids is 2. The lowest BCUT2D eigenvalue weighted by Gasteiger charge is -2.24. The summed E-state index contributed by atoms with van der Waals surface area (Å²) in [7, 11) is 1.52. The summed E-state index contributed by atoms with van der Waals surface area (Å²) in [6.07, 6.45) is -4.88. The standard InChI is InChI=1S/C29H26F3NO5/c1-17-26(27(35)19-9-11-21(36-5)12-10-19)24-14-13-23(38-29(30,31)32)16-25(24)33(17)20-7-6-8-22(15-20)37-28(3,4)18(2)34/h6-16H,1-5H3. The van der Waals surface area contributed by atoms with Crippen molar-refractivity contribution < 1.29 is 37.0 Å². The average molecular weight is 526 g/mol. The number of aromatic nitrogens is 1. The van der Waals surface area contributed by atoms with E-state index in [0.29, 0.717) is 44.9 Å². The number of methoxy groups -OCH3 is 1. The van der Waals surface area contributed by atoms with Gasteiger partial charge in [-0.15, -0.1) is 13.2 Å². The number of ketones is 2. The highest BCUT2D eigenvalue weighted by atomic mass is 19.4. The maximum absolute atomic E-state index is 13.6. The molecule has 4 aromatic rings. The summed E-state index contributed by atoms with van der Waals surface area (Å²) >= 11 is 0. The van der Waals surface area contributed by atoms with Crippen molar-refractivity contribution in [1.29, 1.82) is 0 Å². The lowest BCUT2D eigenvalue weighted by Crippen LogP contribution is -2.36. The van der Waals surface area contributed by atoms with Gasteiger partial charge in [0.2, 0.25) is 0 Å². The maximum Gasteiger partial charge on any atom is 0.573 e. The molecule has 0 aliphatic heterocycles.